The molecule has 0 aliphatic carbocycles. The lowest BCUT2D eigenvalue weighted by molar-refractivity contribution is 0.0449. The van der Waals surface area contributed by atoms with Crippen LogP contribution in [0, 0.1) is 5.82 Å². The molecule has 15 heavy (non-hydrogen) atoms. The van der Waals surface area contributed by atoms with Crippen LogP contribution < -0.4 is 5.73 Å². The molecule has 2 N–H and O–H groups in total. The Morgan fingerprint density at radius 3 is 2.87 bits per heavy atom. The second-order valence-electron chi connectivity index (χ2n) is 4.17. The number of halogens is 1. The molecule has 2 heterocycles. The molecule has 1 saturated heterocycles. The molecular formula is C10H12FN3O. The maximum absolute atomic E-state index is 13.2. The molecule has 0 aromatic carbocycles. The largest absolute Gasteiger partial charge is 0.335 e. The van der Waals surface area contributed by atoms with Gasteiger partial charge in [0.15, 0.2) is 5.82 Å². The summed E-state index contributed by atoms with van der Waals surface area (Å²) in [5.41, 5.74) is 5.49. The molecule has 1 aliphatic heterocycles. The van der Waals surface area contributed by atoms with Crippen LogP contribution in [0.5, 0.6) is 0 Å². The van der Waals surface area contributed by atoms with E-state index in [0.29, 0.717) is 13.1 Å². The Kier molecular flexibility index (Phi) is 2.19. The van der Waals surface area contributed by atoms with E-state index in [1.807, 2.05) is 6.92 Å². The minimum absolute atomic E-state index is 0.0560. The van der Waals surface area contributed by atoms with Gasteiger partial charge in [0, 0.05) is 24.8 Å². The fraction of sp³-hybridized carbons (Fsp3) is 0.400. The number of likely N-dealkylation sites (tertiary alicyclic amines) is 1. The van der Waals surface area contributed by atoms with Crippen molar-refractivity contribution in [2.24, 2.45) is 5.73 Å². The number of pyridine rings is 1. The van der Waals surface area contributed by atoms with Gasteiger partial charge in [-0.3, -0.25) is 9.78 Å². The van der Waals surface area contributed by atoms with Crippen molar-refractivity contribution in [3.8, 4) is 0 Å². The molecule has 1 aromatic heterocycles. The molecule has 2 rings (SSSR count). The molecule has 1 fully saturated rings. The van der Waals surface area contributed by atoms with Crippen molar-refractivity contribution in [1.29, 1.82) is 0 Å². The predicted octanol–water partition coefficient (Wildman–Crippen LogP) is 0.394. The van der Waals surface area contributed by atoms with E-state index in [4.69, 9.17) is 5.73 Å². The van der Waals surface area contributed by atoms with Crippen LogP contribution in [0.3, 0.4) is 0 Å². The third-order valence-electron chi connectivity index (χ3n) is 2.39. The summed E-state index contributed by atoms with van der Waals surface area (Å²) in [5, 5.41) is 0. The van der Waals surface area contributed by atoms with Gasteiger partial charge in [0.2, 0.25) is 0 Å². The lowest BCUT2D eigenvalue weighted by Gasteiger charge is -2.45. The van der Waals surface area contributed by atoms with Gasteiger partial charge in [-0.25, -0.2) is 4.39 Å². The average molecular weight is 209 g/mol. The molecule has 0 atom stereocenters. The Morgan fingerprint density at radius 1 is 1.67 bits per heavy atom. The van der Waals surface area contributed by atoms with Gasteiger partial charge in [-0.1, -0.05) is 0 Å². The van der Waals surface area contributed by atoms with Gasteiger partial charge in [-0.05, 0) is 13.0 Å². The van der Waals surface area contributed by atoms with Gasteiger partial charge >= 0.3 is 0 Å². The fourth-order valence-electron chi connectivity index (χ4n) is 1.69. The topological polar surface area (TPSA) is 59.2 Å². The number of aromatic nitrogens is 1. The molecule has 0 spiro atoms. The zero-order valence-electron chi connectivity index (χ0n) is 8.40. The summed E-state index contributed by atoms with van der Waals surface area (Å²) < 4.78 is 13.2. The Bertz CT molecular complexity index is 397. The summed E-state index contributed by atoms with van der Waals surface area (Å²) in [6, 6.07) is 1.38. The number of nitrogens with zero attached hydrogens (tertiary/aromatic N) is 2. The summed E-state index contributed by atoms with van der Waals surface area (Å²) in [6.07, 6.45) is 2.44. The van der Waals surface area contributed by atoms with Crippen LogP contribution in [0.25, 0.3) is 0 Å². The zero-order chi connectivity index (χ0) is 11.1. The average Bonchev–Trinajstić information content (AvgIpc) is 2.14. The quantitative estimate of drug-likeness (QED) is 0.728. The highest BCUT2D eigenvalue weighted by molar-refractivity contribution is 5.95. The van der Waals surface area contributed by atoms with Crippen molar-refractivity contribution in [2.75, 3.05) is 13.1 Å². The summed E-state index contributed by atoms with van der Waals surface area (Å²) >= 11 is 0. The van der Waals surface area contributed by atoms with E-state index in [1.54, 1.807) is 0 Å². The molecule has 0 radical (unpaired) electrons. The van der Waals surface area contributed by atoms with Crippen LogP contribution >= 0.6 is 0 Å². The van der Waals surface area contributed by atoms with Crippen LogP contribution in [0.1, 0.15) is 17.3 Å². The fourth-order valence-corrected chi connectivity index (χ4v) is 1.69. The number of amides is 1. The number of hydrogen-bond donors (Lipinski definition) is 1. The van der Waals surface area contributed by atoms with Crippen LogP contribution in [-0.2, 0) is 0 Å². The van der Waals surface area contributed by atoms with E-state index in [0.717, 1.165) is 6.20 Å². The van der Waals surface area contributed by atoms with Gasteiger partial charge in [0.25, 0.3) is 5.91 Å². The maximum Gasteiger partial charge on any atom is 0.257 e. The Hall–Kier alpha value is -1.49. The Labute approximate surface area is 86.9 Å². The second-order valence-corrected chi connectivity index (χ2v) is 4.17. The third kappa shape index (κ3) is 1.83. The first-order chi connectivity index (χ1) is 6.99. The van der Waals surface area contributed by atoms with Crippen LogP contribution in [0.4, 0.5) is 4.39 Å². The molecule has 1 amide bonds. The highest BCUT2D eigenvalue weighted by Gasteiger charge is 2.38. The van der Waals surface area contributed by atoms with E-state index in [-0.39, 0.29) is 17.0 Å². The van der Waals surface area contributed by atoms with Crippen molar-refractivity contribution in [2.45, 2.75) is 12.5 Å². The van der Waals surface area contributed by atoms with Crippen molar-refractivity contribution < 1.29 is 9.18 Å². The molecule has 1 aliphatic rings. The number of carbonyl (C=O) groups excluding carboxylic acids is 1. The zero-order valence-corrected chi connectivity index (χ0v) is 8.40. The molecule has 5 heteroatoms. The number of nitrogens with two attached hydrogens (primary N) is 1. The highest BCUT2D eigenvalue weighted by atomic mass is 19.1. The second kappa shape index (κ2) is 3.27. The number of rotatable bonds is 1. The SMILES string of the molecule is CC1(N)CN(C(=O)c2ccncc2F)C1. The van der Waals surface area contributed by atoms with Gasteiger partial charge < -0.3 is 10.6 Å². The number of carbonyl (C=O) groups is 1. The van der Waals surface area contributed by atoms with E-state index in [9.17, 15) is 9.18 Å². The summed E-state index contributed by atoms with van der Waals surface area (Å²) in [7, 11) is 0. The van der Waals surface area contributed by atoms with E-state index >= 15 is 0 Å². The first-order valence-electron chi connectivity index (χ1n) is 4.67. The van der Waals surface area contributed by atoms with Crippen molar-refractivity contribution in [3.05, 3.63) is 29.8 Å². The molecule has 1 aromatic rings. The first kappa shape index (κ1) is 10.0. The van der Waals surface area contributed by atoms with Crippen molar-refractivity contribution in [3.63, 3.8) is 0 Å². The van der Waals surface area contributed by atoms with Gasteiger partial charge in [0.05, 0.1) is 11.8 Å². The molecule has 0 unspecified atom stereocenters. The minimum Gasteiger partial charge on any atom is -0.335 e. The predicted molar refractivity (Wildman–Crippen MR) is 52.7 cm³/mol. The van der Waals surface area contributed by atoms with E-state index < -0.39 is 5.82 Å². The summed E-state index contributed by atoms with van der Waals surface area (Å²) in [5.74, 6) is -0.911. The monoisotopic (exact) mass is 209 g/mol. The van der Waals surface area contributed by atoms with Gasteiger partial charge in [0.1, 0.15) is 0 Å². The van der Waals surface area contributed by atoms with Crippen LogP contribution in [-0.4, -0.2) is 34.4 Å². The first-order valence-corrected chi connectivity index (χ1v) is 4.67. The van der Waals surface area contributed by atoms with Crippen LogP contribution in [0.2, 0.25) is 0 Å². The molecule has 0 saturated carbocycles. The highest BCUT2D eigenvalue weighted by Crippen LogP contribution is 2.20. The maximum atomic E-state index is 13.2. The minimum atomic E-state index is -0.590. The third-order valence-corrected chi connectivity index (χ3v) is 2.39. The van der Waals surface area contributed by atoms with E-state index in [2.05, 4.69) is 4.98 Å². The summed E-state index contributed by atoms with van der Waals surface area (Å²) in [4.78, 5) is 16.9. The van der Waals surface area contributed by atoms with Crippen molar-refractivity contribution in [1.82, 2.24) is 9.88 Å². The van der Waals surface area contributed by atoms with Gasteiger partial charge in [-0.15, -0.1) is 0 Å². The van der Waals surface area contributed by atoms with Gasteiger partial charge in [-0.2, -0.15) is 0 Å². The smallest absolute Gasteiger partial charge is 0.257 e. The molecule has 80 valence electrons. The Morgan fingerprint density at radius 2 is 2.33 bits per heavy atom. The summed E-state index contributed by atoms with van der Waals surface area (Å²) in [6.45, 7) is 2.79. The number of hydrogen-bond acceptors (Lipinski definition) is 3. The lowest BCUT2D eigenvalue weighted by atomic mass is 9.93. The van der Waals surface area contributed by atoms with Crippen LogP contribution in [0.15, 0.2) is 18.5 Å². The lowest BCUT2D eigenvalue weighted by Crippen LogP contribution is -2.66. The van der Waals surface area contributed by atoms with E-state index in [1.165, 1.54) is 17.2 Å². The molecule has 0 bridgehead atoms. The normalized spacial score (nSPS) is 18.5. The standard InChI is InChI=1S/C10H12FN3O/c1-10(12)5-14(6-10)9(15)7-2-3-13-4-8(7)11/h2-4H,5-6,12H2,1H3. The van der Waals surface area contributed by atoms with Crippen molar-refractivity contribution >= 4 is 5.91 Å². The molecular weight excluding hydrogens is 197 g/mol. The molecule has 4 nitrogen and oxygen atoms in total. The Balaban J connectivity index is 2.14.